The summed E-state index contributed by atoms with van der Waals surface area (Å²) in [5, 5.41) is 3.12. The number of nitrogens with zero attached hydrogens (tertiary/aromatic N) is 4. The number of carbonyl (C=O) groups excluding carboxylic acids is 1. The number of benzene rings is 1. The van der Waals surface area contributed by atoms with E-state index in [1.807, 2.05) is 31.4 Å². The molecule has 1 aromatic heterocycles. The molecule has 4 atom stereocenters. The first-order chi connectivity index (χ1) is 15.2. The second kappa shape index (κ2) is 8.36. The fourth-order valence-corrected chi connectivity index (χ4v) is 5.88. The molecule has 3 aliphatic rings. The maximum atomic E-state index is 13.1. The number of rotatable bonds is 5. The summed E-state index contributed by atoms with van der Waals surface area (Å²) in [5.74, 6) is 3.72. The predicted octanol–water partition coefficient (Wildman–Crippen LogP) is 2.98. The number of nitrogens with one attached hydrogen (secondary N) is 1. The van der Waals surface area contributed by atoms with E-state index in [4.69, 9.17) is 9.72 Å². The number of methoxy groups -OCH3 is 1. The van der Waals surface area contributed by atoms with Crippen molar-refractivity contribution in [1.82, 2.24) is 14.9 Å². The van der Waals surface area contributed by atoms with Gasteiger partial charge in [-0.05, 0) is 61.3 Å². The zero-order valence-electron chi connectivity index (χ0n) is 18.3. The lowest BCUT2D eigenvalue weighted by atomic mass is 9.71. The summed E-state index contributed by atoms with van der Waals surface area (Å²) < 4.78 is 5.44. The van der Waals surface area contributed by atoms with Gasteiger partial charge in [0, 0.05) is 44.8 Å². The lowest BCUT2D eigenvalue weighted by molar-refractivity contribution is -0.148. The van der Waals surface area contributed by atoms with Gasteiger partial charge in [0.1, 0.15) is 11.6 Å². The van der Waals surface area contributed by atoms with E-state index in [0.29, 0.717) is 30.2 Å². The van der Waals surface area contributed by atoms with Gasteiger partial charge in [0.15, 0.2) is 0 Å². The highest BCUT2D eigenvalue weighted by molar-refractivity contribution is 5.78. The molecule has 2 aromatic rings. The molecule has 2 bridgehead atoms. The zero-order chi connectivity index (χ0) is 21.4. The van der Waals surface area contributed by atoms with Crippen LogP contribution in [0, 0.1) is 11.8 Å². The lowest BCUT2D eigenvalue weighted by Crippen LogP contribution is -2.65. The molecule has 31 heavy (non-hydrogen) atoms. The SMILES string of the molecule is CNc1ccnc(N2C[C@H]3C[C@@H](C2)[C@H](Cc2cccc(OC)c2)N2C(=O)CCC[C@@H]32)n1. The topological polar surface area (TPSA) is 70.6 Å². The van der Waals surface area contributed by atoms with Gasteiger partial charge >= 0.3 is 0 Å². The first kappa shape index (κ1) is 20.1. The number of carbonyl (C=O) groups is 1. The van der Waals surface area contributed by atoms with Crippen molar-refractivity contribution in [2.75, 3.05) is 37.5 Å². The Hall–Kier alpha value is -2.83. The standard InChI is InChI=1S/C24H31N5O2/c1-25-22-9-10-26-24(27-22)28-14-17-13-18(15-28)21(29-20(17)7-4-8-23(29)30)12-16-5-3-6-19(11-16)31-2/h3,5-6,9-11,17-18,20-21H,4,7-8,12-15H2,1-2H3,(H,25,26,27)/t17-,18+,20+,21+/m1/s1. The number of piperidine rings is 3. The van der Waals surface area contributed by atoms with Crippen LogP contribution < -0.4 is 15.0 Å². The van der Waals surface area contributed by atoms with Gasteiger partial charge in [0.2, 0.25) is 11.9 Å². The van der Waals surface area contributed by atoms with Crippen molar-refractivity contribution < 1.29 is 9.53 Å². The Balaban J connectivity index is 1.46. The van der Waals surface area contributed by atoms with E-state index in [1.165, 1.54) is 12.0 Å². The normalized spacial score (nSPS) is 27.6. The number of ether oxygens (including phenoxy) is 1. The fraction of sp³-hybridized carbons (Fsp3) is 0.542. The second-order valence-corrected chi connectivity index (χ2v) is 9.04. The molecular weight excluding hydrogens is 390 g/mol. The zero-order valence-corrected chi connectivity index (χ0v) is 18.3. The van der Waals surface area contributed by atoms with Crippen LogP contribution in [0.4, 0.5) is 11.8 Å². The van der Waals surface area contributed by atoms with Crippen LogP contribution in [0.3, 0.4) is 0 Å². The molecule has 0 radical (unpaired) electrons. The number of hydrogen-bond acceptors (Lipinski definition) is 6. The van der Waals surface area contributed by atoms with Gasteiger partial charge in [-0.15, -0.1) is 0 Å². The fourth-order valence-electron chi connectivity index (χ4n) is 5.88. The van der Waals surface area contributed by atoms with E-state index < -0.39 is 0 Å². The van der Waals surface area contributed by atoms with Crippen LogP contribution in [-0.2, 0) is 11.2 Å². The van der Waals surface area contributed by atoms with Crippen molar-refractivity contribution in [2.24, 2.45) is 11.8 Å². The largest absolute Gasteiger partial charge is 0.497 e. The molecule has 1 amide bonds. The molecule has 5 rings (SSSR count). The number of fused-ring (bicyclic) bond motifs is 4. The van der Waals surface area contributed by atoms with Crippen LogP contribution >= 0.6 is 0 Å². The Bertz CT molecular complexity index is 951. The van der Waals surface area contributed by atoms with Gasteiger partial charge in [0.25, 0.3) is 0 Å². The Morgan fingerprint density at radius 2 is 2.10 bits per heavy atom. The van der Waals surface area contributed by atoms with Crippen molar-refractivity contribution in [1.29, 1.82) is 0 Å². The minimum atomic E-state index is 0.205. The molecule has 7 heteroatoms. The van der Waals surface area contributed by atoms with Crippen LogP contribution in [0.1, 0.15) is 31.2 Å². The summed E-state index contributed by atoms with van der Waals surface area (Å²) >= 11 is 0. The molecule has 0 aliphatic carbocycles. The van der Waals surface area contributed by atoms with Crippen LogP contribution in [-0.4, -0.2) is 60.1 Å². The molecule has 0 unspecified atom stereocenters. The Kier molecular flexibility index (Phi) is 5.42. The summed E-state index contributed by atoms with van der Waals surface area (Å²) in [7, 11) is 3.58. The van der Waals surface area contributed by atoms with Gasteiger partial charge in [-0.1, -0.05) is 12.1 Å². The summed E-state index contributed by atoms with van der Waals surface area (Å²) in [4.78, 5) is 26.9. The molecule has 1 aromatic carbocycles. The summed E-state index contributed by atoms with van der Waals surface area (Å²) in [6.07, 6.45) is 6.64. The first-order valence-corrected chi connectivity index (χ1v) is 11.4. The van der Waals surface area contributed by atoms with Crippen molar-refractivity contribution in [3.05, 3.63) is 42.1 Å². The molecule has 3 saturated heterocycles. The number of hydrogen-bond donors (Lipinski definition) is 1. The van der Waals surface area contributed by atoms with Gasteiger partial charge in [-0.3, -0.25) is 4.79 Å². The average molecular weight is 422 g/mol. The summed E-state index contributed by atoms with van der Waals surface area (Å²) in [5.41, 5.74) is 1.23. The molecule has 164 valence electrons. The van der Waals surface area contributed by atoms with E-state index >= 15 is 0 Å². The highest BCUT2D eigenvalue weighted by Crippen LogP contribution is 2.43. The average Bonchev–Trinajstić information content (AvgIpc) is 2.82. The van der Waals surface area contributed by atoms with Crippen molar-refractivity contribution in [3.63, 3.8) is 0 Å². The van der Waals surface area contributed by atoms with Crippen molar-refractivity contribution >= 4 is 17.7 Å². The Labute approximate surface area is 183 Å². The van der Waals surface area contributed by atoms with Gasteiger partial charge < -0.3 is 19.9 Å². The molecular formula is C24H31N5O2. The molecule has 1 N–H and O–H groups in total. The van der Waals surface area contributed by atoms with Crippen molar-refractivity contribution in [2.45, 2.75) is 44.2 Å². The van der Waals surface area contributed by atoms with E-state index in [1.54, 1.807) is 7.11 Å². The quantitative estimate of drug-likeness (QED) is 0.800. The summed E-state index contributed by atoms with van der Waals surface area (Å²) in [6.45, 7) is 1.80. The van der Waals surface area contributed by atoms with Crippen LogP contribution in [0.5, 0.6) is 5.75 Å². The molecule has 0 saturated carbocycles. The minimum Gasteiger partial charge on any atom is -0.497 e. The molecule has 0 spiro atoms. The van der Waals surface area contributed by atoms with Crippen LogP contribution in [0.15, 0.2) is 36.5 Å². The van der Waals surface area contributed by atoms with E-state index in [-0.39, 0.29) is 6.04 Å². The predicted molar refractivity (Wildman–Crippen MR) is 120 cm³/mol. The second-order valence-electron chi connectivity index (χ2n) is 9.04. The monoisotopic (exact) mass is 421 g/mol. The van der Waals surface area contributed by atoms with Gasteiger partial charge in [-0.2, -0.15) is 4.98 Å². The first-order valence-electron chi connectivity index (χ1n) is 11.4. The number of aromatic nitrogens is 2. The lowest BCUT2D eigenvalue weighted by Gasteiger charge is -2.56. The van der Waals surface area contributed by atoms with Gasteiger partial charge in [0.05, 0.1) is 7.11 Å². The number of amides is 1. The minimum absolute atomic E-state index is 0.205. The third-order valence-electron chi connectivity index (χ3n) is 7.26. The number of anilines is 2. The van der Waals surface area contributed by atoms with Crippen LogP contribution in [0.25, 0.3) is 0 Å². The Morgan fingerprint density at radius 3 is 2.94 bits per heavy atom. The molecule has 3 aliphatic heterocycles. The molecule has 3 fully saturated rings. The van der Waals surface area contributed by atoms with Crippen LogP contribution in [0.2, 0.25) is 0 Å². The third-order valence-corrected chi connectivity index (χ3v) is 7.26. The summed E-state index contributed by atoms with van der Waals surface area (Å²) in [6, 6.07) is 10.7. The molecule has 7 nitrogen and oxygen atoms in total. The third kappa shape index (κ3) is 3.82. The smallest absolute Gasteiger partial charge is 0.227 e. The molecule has 4 heterocycles. The Morgan fingerprint density at radius 1 is 1.23 bits per heavy atom. The highest BCUT2D eigenvalue weighted by atomic mass is 16.5. The van der Waals surface area contributed by atoms with Crippen molar-refractivity contribution in [3.8, 4) is 5.75 Å². The van der Waals surface area contributed by atoms with E-state index in [9.17, 15) is 4.79 Å². The maximum Gasteiger partial charge on any atom is 0.227 e. The van der Waals surface area contributed by atoms with Gasteiger partial charge in [-0.25, -0.2) is 4.98 Å². The highest BCUT2D eigenvalue weighted by Gasteiger charge is 2.49. The maximum absolute atomic E-state index is 13.1. The van der Waals surface area contributed by atoms with E-state index in [0.717, 1.165) is 49.9 Å². The van der Waals surface area contributed by atoms with E-state index in [2.05, 4.69) is 32.2 Å².